The van der Waals surface area contributed by atoms with Crippen molar-refractivity contribution in [3.63, 3.8) is 0 Å². The third-order valence-corrected chi connectivity index (χ3v) is 12.5. The van der Waals surface area contributed by atoms with Gasteiger partial charge in [0.15, 0.2) is 0 Å². The van der Waals surface area contributed by atoms with Gasteiger partial charge in [-0.05, 0) is 60.1 Å². The second-order valence-electron chi connectivity index (χ2n) is 9.06. The number of carboxylic acids is 1. The van der Waals surface area contributed by atoms with E-state index >= 15 is 0 Å². The van der Waals surface area contributed by atoms with Crippen LogP contribution in [0.1, 0.15) is 104 Å². The summed E-state index contributed by atoms with van der Waals surface area (Å²) < 4.78 is 2.21. The zero-order valence-corrected chi connectivity index (χ0v) is 26.8. The van der Waals surface area contributed by atoms with E-state index in [2.05, 4.69) is 23.6 Å². The van der Waals surface area contributed by atoms with E-state index in [9.17, 15) is 4.79 Å². The van der Waals surface area contributed by atoms with Crippen molar-refractivity contribution in [1.29, 1.82) is 0 Å². The van der Waals surface area contributed by atoms with Crippen molar-refractivity contribution in [3.8, 4) is 0 Å². The van der Waals surface area contributed by atoms with E-state index in [-0.39, 0.29) is 6.42 Å². The van der Waals surface area contributed by atoms with Gasteiger partial charge in [0.2, 0.25) is 0 Å². The van der Waals surface area contributed by atoms with Crippen LogP contribution in [0.15, 0.2) is 0 Å². The van der Waals surface area contributed by atoms with Crippen molar-refractivity contribution in [2.75, 3.05) is 24.6 Å². The standard InChI is InChI=1S/C22H40N2S6.C3H6O2/c1-3-15-23(19-11-7-5-8-12-19)21(25)29-27-17-18-28-30-22(26)24(16-4-2)20-13-9-6-10-14-20;1-2-3(4)5/h19-20H,3-18H2,1-2H3;2H2,1H3,(H,4,5). The highest BCUT2D eigenvalue weighted by molar-refractivity contribution is 8.85. The quantitative estimate of drug-likeness (QED) is 0.134. The number of aliphatic carboxylic acids is 1. The molecule has 0 aromatic carbocycles. The van der Waals surface area contributed by atoms with Crippen LogP contribution < -0.4 is 0 Å². The number of hydrogen-bond donors (Lipinski definition) is 1. The Bertz CT molecular complexity index is 555. The molecule has 204 valence electrons. The van der Waals surface area contributed by atoms with Crippen LogP contribution in [-0.2, 0) is 4.79 Å². The molecule has 0 amide bonds. The molecule has 35 heavy (non-hydrogen) atoms. The van der Waals surface area contributed by atoms with Crippen molar-refractivity contribution in [2.45, 2.75) is 116 Å². The molecule has 0 aromatic rings. The maximum atomic E-state index is 9.37. The average molecular weight is 599 g/mol. The third-order valence-electron chi connectivity index (χ3n) is 6.24. The highest BCUT2D eigenvalue weighted by Gasteiger charge is 2.24. The van der Waals surface area contributed by atoms with E-state index in [0.29, 0.717) is 12.1 Å². The molecule has 0 bridgehead atoms. The molecule has 2 aliphatic carbocycles. The van der Waals surface area contributed by atoms with Crippen LogP contribution >= 0.6 is 67.6 Å². The lowest BCUT2D eigenvalue weighted by atomic mass is 9.94. The Morgan fingerprint density at radius 1 is 0.743 bits per heavy atom. The minimum atomic E-state index is -0.745. The molecule has 0 heterocycles. The van der Waals surface area contributed by atoms with E-state index in [4.69, 9.17) is 29.5 Å². The molecule has 4 nitrogen and oxygen atoms in total. The summed E-state index contributed by atoms with van der Waals surface area (Å²) >= 11 is 11.6. The lowest BCUT2D eigenvalue weighted by Gasteiger charge is -2.35. The first-order chi connectivity index (χ1) is 16.9. The molecule has 1 N–H and O–H groups in total. The number of rotatable bonds is 12. The second kappa shape index (κ2) is 21.6. The first-order valence-electron chi connectivity index (χ1n) is 13.4. The lowest BCUT2D eigenvalue weighted by molar-refractivity contribution is -0.136. The van der Waals surface area contributed by atoms with Crippen LogP contribution in [0.3, 0.4) is 0 Å². The normalized spacial score (nSPS) is 16.8. The van der Waals surface area contributed by atoms with E-state index in [1.807, 2.05) is 43.2 Å². The predicted molar refractivity (Wildman–Crippen MR) is 171 cm³/mol. The molecular weight excluding hydrogens is 553 g/mol. The van der Waals surface area contributed by atoms with Gasteiger partial charge in [0.25, 0.3) is 0 Å². The summed E-state index contributed by atoms with van der Waals surface area (Å²) in [6.07, 6.45) is 16.2. The van der Waals surface area contributed by atoms with E-state index in [0.717, 1.165) is 33.2 Å². The molecule has 2 fully saturated rings. The number of carbonyl (C=O) groups is 1. The maximum Gasteiger partial charge on any atom is 0.303 e. The molecule has 2 rings (SSSR count). The summed E-state index contributed by atoms with van der Waals surface area (Å²) in [5.41, 5.74) is 0. The van der Waals surface area contributed by atoms with Crippen LogP contribution in [0.25, 0.3) is 0 Å². The Balaban J connectivity index is 0.00000111. The number of carboxylic acid groups (broad SMARTS) is 1. The van der Waals surface area contributed by atoms with Gasteiger partial charge in [-0.15, -0.1) is 0 Å². The van der Waals surface area contributed by atoms with E-state index in [1.54, 1.807) is 6.92 Å². The molecule has 0 aliphatic heterocycles. The first kappa shape index (κ1) is 33.7. The largest absolute Gasteiger partial charge is 0.481 e. The molecule has 0 aromatic heterocycles. The molecule has 2 aliphatic rings. The van der Waals surface area contributed by atoms with Gasteiger partial charge in [0.1, 0.15) is 8.64 Å². The van der Waals surface area contributed by atoms with Crippen LogP contribution in [0.2, 0.25) is 0 Å². The van der Waals surface area contributed by atoms with E-state index in [1.165, 1.54) is 77.0 Å². The van der Waals surface area contributed by atoms with Crippen molar-refractivity contribution in [3.05, 3.63) is 0 Å². The topological polar surface area (TPSA) is 43.8 Å². The number of nitrogens with zero attached hydrogens (tertiary/aromatic N) is 2. The summed E-state index contributed by atoms with van der Waals surface area (Å²) in [6.45, 7) is 8.36. The Labute approximate surface area is 241 Å². The molecule has 2 saturated carbocycles. The summed E-state index contributed by atoms with van der Waals surface area (Å²) in [5, 5.41) is 7.72. The Hall–Kier alpha value is 0.650. The molecule has 0 unspecified atom stereocenters. The fourth-order valence-electron chi connectivity index (χ4n) is 4.46. The summed E-state index contributed by atoms with van der Waals surface area (Å²) in [6, 6.07) is 1.37. The smallest absolute Gasteiger partial charge is 0.303 e. The highest BCUT2D eigenvalue weighted by atomic mass is 33.1. The molecule has 0 radical (unpaired) electrons. The molecular formula is C25H46N2O2S6. The fourth-order valence-corrected chi connectivity index (χ4v) is 10.3. The van der Waals surface area contributed by atoms with Gasteiger partial charge in [0, 0.05) is 43.1 Å². The fraction of sp³-hybridized carbons (Fsp3) is 0.880. The number of hydrogen-bond acceptors (Lipinski definition) is 7. The van der Waals surface area contributed by atoms with Crippen molar-refractivity contribution in [2.24, 2.45) is 0 Å². The average Bonchev–Trinajstić information content (AvgIpc) is 2.88. The van der Waals surface area contributed by atoms with E-state index < -0.39 is 5.97 Å². The van der Waals surface area contributed by atoms with Crippen LogP contribution in [0, 0.1) is 0 Å². The van der Waals surface area contributed by atoms with Gasteiger partial charge >= 0.3 is 5.97 Å². The van der Waals surface area contributed by atoms with Crippen molar-refractivity contribution in [1.82, 2.24) is 9.80 Å². The lowest BCUT2D eigenvalue weighted by Crippen LogP contribution is -2.39. The Morgan fingerprint density at radius 2 is 1.09 bits per heavy atom. The minimum Gasteiger partial charge on any atom is -0.481 e. The first-order valence-corrected chi connectivity index (χ1v) is 18.8. The molecule has 0 spiro atoms. The monoisotopic (exact) mass is 598 g/mol. The maximum absolute atomic E-state index is 9.37. The van der Waals surface area contributed by atoms with Crippen molar-refractivity contribution < 1.29 is 9.90 Å². The molecule has 0 atom stereocenters. The van der Waals surface area contributed by atoms with Gasteiger partial charge in [-0.1, -0.05) is 105 Å². The zero-order chi connectivity index (χ0) is 25.9. The Morgan fingerprint density at radius 3 is 1.37 bits per heavy atom. The van der Waals surface area contributed by atoms with Gasteiger partial charge < -0.3 is 14.9 Å². The van der Waals surface area contributed by atoms with Crippen LogP contribution in [0.4, 0.5) is 0 Å². The van der Waals surface area contributed by atoms with Gasteiger partial charge in [-0.2, -0.15) is 0 Å². The van der Waals surface area contributed by atoms with Crippen LogP contribution in [0.5, 0.6) is 0 Å². The van der Waals surface area contributed by atoms with Gasteiger partial charge in [0.05, 0.1) is 0 Å². The van der Waals surface area contributed by atoms with Crippen molar-refractivity contribution >= 4 is 82.2 Å². The summed E-state index contributed by atoms with van der Waals surface area (Å²) in [7, 11) is 7.49. The summed E-state index contributed by atoms with van der Waals surface area (Å²) in [4.78, 5) is 14.4. The highest BCUT2D eigenvalue weighted by Crippen LogP contribution is 2.34. The second-order valence-corrected chi connectivity index (χ2v) is 15.2. The SMILES string of the molecule is CCC(=O)O.CCCN(C(=S)SSCCSSC(=S)N(CCC)C1CCCCC1)C1CCCCC1. The molecule has 10 heteroatoms. The summed E-state index contributed by atoms with van der Waals surface area (Å²) in [5.74, 6) is 1.49. The molecule has 0 saturated heterocycles. The van der Waals surface area contributed by atoms with Gasteiger partial charge in [-0.3, -0.25) is 4.79 Å². The Kier molecular flexibility index (Phi) is 20.8. The van der Waals surface area contributed by atoms with Gasteiger partial charge in [-0.25, -0.2) is 0 Å². The zero-order valence-electron chi connectivity index (χ0n) is 21.9. The third kappa shape index (κ3) is 15.0. The van der Waals surface area contributed by atoms with Crippen LogP contribution in [-0.4, -0.2) is 66.2 Å². The number of thiocarbonyl (C=S) groups is 2. The predicted octanol–water partition coefficient (Wildman–Crippen LogP) is 8.89. The minimum absolute atomic E-state index is 0.222.